The van der Waals surface area contributed by atoms with Crippen molar-refractivity contribution in [3.05, 3.63) is 0 Å². The van der Waals surface area contributed by atoms with Crippen molar-refractivity contribution in [3.8, 4) is 5.75 Å². The fourth-order valence-electron chi connectivity index (χ4n) is 2.26. The van der Waals surface area contributed by atoms with Crippen molar-refractivity contribution in [2.75, 3.05) is 37.3 Å². The van der Waals surface area contributed by atoms with Gasteiger partial charge in [0, 0.05) is 25.7 Å². The van der Waals surface area contributed by atoms with Crippen LogP contribution in [-0.4, -0.2) is 48.1 Å². The number of piperazine rings is 1. The summed E-state index contributed by atoms with van der Waals surface area (Å²) in [5, 5.41) is 1.07. The molecule has 1 aromatic heterocycles. The van der Waals surface area contributed by atoms with E-state index in [9.17, 15) is 0 Å². The molecule has 1 unspecified atom stereocenters. The van der Waals surface area contributed by atoms with Gasteiger partial charge in [0.25, 0.3) is 0 Å². The maximum absolute atomic E-state index is 5.91. The Hall–Kier alpha value is -1.01. The van der Waals surface area contributed by atoms with E-state index >= 15 is 0 Å². The predicted octanol–water partition coefficient (Wildman–Crippen LogP) is 1.65. The molecule has 0 aromatic carbocycles. The number of rotatable bonds is 3. The van der Waals surface area contributed by atoms with Crippen LogP contribution in [0.5, 0.6) is 5.75 Å². The van der Waals surface area contributed by atoms with Crippen molar-refractivity contribution in [2.45, 2.75) is 32.9 Å². The van der Waals surface area contributed by atoms with E-state index in [0.29, 0.717) is 11.9 Å². The molecule has 0 saturated carbocycles. The standard InChI is InChI=1S/C12H22N4OS/c1-8(2)17-10-11(13)14-18-12(10)16-6-5-15(4)7-9(16)3/h8-9H,5-7H2,1-4H3,(H2,13,14). The summed E-state index contributed by atoms with van der Waals surface area (Å²) in [5.74, 6) is 1.27. The van der Waals surface area contributed by atoms with Crippen molar-refractivity contribution < 1.29 is 4.74 Å². The summed E-state index contributed by atoms with van der Waals surface area (Å²) in [7, 11) is 2.15. The lowest BCUT2D eigenvalue weighted by atomic mass is 10.2. The van der Waals surface area contributed by atoms with Crippen LogP contribution in [0.1, 0.15) is 20.8 Å². The summed E-state index contributed by atoms with van der Waals surface area (Å²) >= 11 is 1.44. The largest absolute Gasteiger partial charge is 0.484 e. The highest BCUT2D eigenvalue weighted by Crippen LogP contribution is 2.40. The van der Waals surface area contributed by atoms with Gasteiger partial charge in [0.2, 0.25) is 0 Å². The summed E-state index contributed by atoms with van der Waals surface area (Å²) in [6.45, 7) is 9.35. The molecule has 2 rings (SSSR count). The van der Waals surface area contributed by atoms with Crippen molar-refractivity contribution in [2.24, 2.45) is 0 Å². The van der Waals surface area contributed by atoms with Gasteiger partial charge in [-0.2, -0.15) is 4.37 Å². The number of hydrogen-bond donors (Lipinski definition) is 1. The van der Waals surface area contributed by atoms with Crippen LogP contribution in [0, 0.1) is 0 Å². The van der Waals surface area contributed by atoms with E-state index in [4.69, 9.17) is 10.5 Å². The predicted molar refractivity (Wildman–Crippen MR) is 76.6 cm³/mol. The third-order valence-electron chi connectivity index (χ3n) is 3.10. The minimum absolute atomic E-state index is 0.116. The molecule has 1 saturated heterocycles. The topological polar surface area (TPSA) is 54.6 Å². The molecule has 18 heavy (non-hydrogen) atoms. The molecule has 2 N–H and O–H groups in total. The van der Waals surface area contributed by atoms with Crippen LogP contribution in [0.2, 0.25) is 0 Å². The van der Waals surface area contributed by atoms with E-state index in [1.807, 2.05) is 13.8 Å². The van der Waals surface area contributed by atoms with E-state index in [1.54, 1.807) is 0 Å². The molecule has 1 fully saturated rings. The van der Waals surface area contributed by atoms with Gasteiger partial charge in [-0.1, -0.05) is 0 Å². The van der Waals surface area contributed by atoms with Crippen LogP contribution in [0.4, 0.5) is 10.8 Å². The number of ether oxygens (including phenoxy) is 1. The molecule has 0 bridgehead atoms. The van der Waals surface area contributed by atoms with Crippen molar-refractivity contribution in [1.29, 1.82) is 0 Å². The quantitative estimate of drug-likeness (QED) is 0.905. The van der Waals surface area contributed by atoms with E-state index in [2.05, 4.69) is 28.1 Å². The second kappa shape index (κ2) is 5.32. The van der Waals surface area contributed by atoms with Crippen molar-refractivity contribution in [3.63, 3.8) is 0 Å². The van der Waals surface area contributed by atoms with Gasteiger partial charge in [-0.05, 0) is 39.4 Å². The summed E-state index contributed by atoms with van der Waals surface area (Å²) in [5.41, 5.74) is 5.91. The number of nitrogen functional groups attached to an aromatic ring is 1. The second-order valence-electron chi connectivity index (χ2n) is 5.17. The molecule has 5 nitrogen and oxygen atoms in total. The lowest BCUT2D eigenvalue weighted by molar-refractivity contribution is 0.240. The maximum atomic E-state index is 5.91. The normalized spacial score (nSPS) is 21.6. The molecule has 1 aliphatic rings. The van der Waals surface area contributed by atoms with Crippen LogP contribution >= 0.6 is 11.5 Å². The smallest absolute Gasteiger partial charge is 0.198 e. The summed E-state index contributed by atoms with van der Waals surface area (Å²) in [4.78, 5) is 4.69. The Labute approximate surface area is 113 Å². The van der Waals surface area contributed by atoms with Gasteiger partial charge in [0.15, 0.2) is 16.6 Å². The molecule has 1 aromatic rings. The first-order chi connectivity index (χ1) is 8.49. The van der Waals surface area contributed by atoms with Crippen LogP contribution in [-0.2, 0) is 0 Å². The number of nitrogens with two attached hydrogens (primary N) is 1. The minimum atomic E-state index is 0.116. The van der Waals surface area contributed by atoms with Gasteiger partial charge in [0.05, 0.1) is 6.10 Å². The Morgan fingerprint density at radius 2 is 2.17 bits per heavy atom. The molecule has 2 heterocycles. The van der Waals surface area contributed by atoms with Crippen LogP contribution in [0.25, 0.3) is 0 Å². The highest BCUT2D eigenvalue weighted by Gasteiger charge is 2.27. The Morgan fingerprint density at radius 3 is 2.78 bits per heavy atom. The third-order valence-corrected chi connectivity index (χ3v) is 3.98. The summed E-state index contributed by atoms with van der Waals surface area (Å²) in [6, 6.07) is 0.457. The molecule has 0 spiro atoms. The highest BCUT2D eigenvalue weighted by atomic mass is 32.1. The van der Waals surface area contributed by atoms with E-state index in [1.165, 1.54) is 11.5 Å². The lowest BCUT2D eigenvalue weighted by Crippen LogP contribution is -2.50. The average molecular weight is 270 g/mol. The maximum Gasteiger partial charge on any atom is 0.198 e. The number of nitrogens with zero attached hydrogens (tertiary/aromatic N) is 3. The monoisotopic (exact) mass is 270 g/mol. The van der Waals surface area contributed by atoms with Crippen LogP contribution in [0.15, 0.2) is 0 Å². The first kappa shape index (κ1) is 13.4. The first-order valence-electron chi connectivity index (χ1n) is 6.36. The van der Waals surface area contributed by atoms with Crippen molar-refractivity contribution in [1.82, 2.24) is 9.27 Å². The fourth-order valence-corrected chi connectivity index (χ4v) is 3.14. The van der Waals surface area contributed by atoms with Gasteiger partial charge >= 0.3 is 0 Å². The van der Waals surface area contributed by atoms with Crippen molar-refractivity contribution >= 4 is 22.4 Å². The van der Waals surface area contributed by atoms with Gasteiger partial charge in [0.1, 0.15) is 0 Å². The highest BCUT2D eigenvalue weighted by molar-refractivity contribution is 7.11. The second-order valence-corrected chi connectivity index (χ2v) is 5.93. The first-order valence-corrected chi connectivity index (χ1v) is 7.13. The van der Waals surface area contributed by atoms with Gasteiger partial charge in [-0.25, -0.2) is 0 Å². The van der Waals surface area contributed by atoms with Crippen LogP contribution in [0.3, 0.4) is 0 Å². The lowest BCUT2D eigenvalue weighted by Gasteiger charge is -2.39. The summed E-state index contributed by atoms with van der Waals surface area (Å²) in [6.07, 6.45) is 0.116. The number of aromatic nitrogens is 1. The van der Waals surface area contributed by atoms with Gasteiger partial charge in [-0.3, -0.25) is 0 Å². The number of likely N-dealkylation sites (N-methyl/N-ethyl adjacent to an activating group) is 1. The Balaban J connectivity index is 2.22. The van der Waals surface area contributed by atoms with Gasteiger partial charge < -0.3 is 20.3 Å². The zero-order valence-electron chi connectivity index (χ0n) is 11.5. The summed E-state index contributed by atoms with van der Waals surface area (Å²) < 4.78 is 10.0. The van der Waals surface area contributed by atoms with E-state index in [0.717, 1.165) is 30.4 Å². The zero-order chi connectivity index (χ0) is 13.3. The molecule has 6 heteroatoms. The van der Waals surface area contributed by atoms with E-state index < -0.39 is 0 Å². The Morgan fingerprint density at radius 1 is 1.44 bits per heavy atom. The molecule has 1 atom stereocenters. The van der Waals surface area contributed by atoms with Crippen LogP contribution < -0.4 is 15.4 Å². The molecule has 0 aliphatic carbocycles. The molecule has 0 amide bonds. The minimum Gasteiger partial charge on any atom is -0.484 e. The fraction of sp³-hybridized carbons (Fsp3) is 0.750. The molecule has 102 valence electrons. The number of hydrogen-bond acceptors (Lipinski definition) is 6. The zero-order valence-corrected chi connectivity index (χ0v) is 12.3. The SMILES string of the molecule is CC(C)Oc1c(N)nsc1N1CCN(C)CC1C. The Kier molecular flexibility index (Phi) is 3.97. The molecular weight excluding hydrogens is 248 g/mol. The molecular formula is C12H22N4OS. The van der Waals surface area contributed by atoms with E-state index in [-0.39, 0.29) is 6.10 Å². The third kappa shape index (κ3) is 2.70. The van der Waals surface area contributed by atoms with Gasteiger partial charge in [-0.15, -0.1) is 0 Å². The number of anilines is 2. The molecule has 1 aliphatic heterocycles. The average Bonchev–Trinajstić information content (AvgIpc) is 2.60. The molecule has 0 radical (unpaired) electrons. The Bertz CT molecular complexity index is 407.